The number of carbonyl (C=O) groups excluding carboxylic acids is 1. The number of nitrogens with two attached hydrogens (primary N) is 2. The fourth-order valence-corrected chi connectivity index (χ4v) is 2.14. The van der Waals surface area contributed by atoms with E-state index >= 15 is 0 Å². The minimum absolute atomic E-state index is 0.170. The SMILES string of the molecule is CN(CCCN)CCCCC(=O)c1cc(N)cn1C. The van der Waals surface area contributed by atoms with Gasteiger partial charge in [-0.3, -0.25) is 4.79 Å². The van der Waals surface area contributed by atoms with E-state index in [9.17, 15) is 4.79 Å². The van der Waals surface area contributed by atoms with E-state index in [1.54, 1.807) is 16.8 Å². The third-order valence-corrected chi connectivity index (χ3v) is 3.25. The molecule has 0 aliphatic rings. The average molecular weight is 266 g/mol. The van der Waals surface area contributed by atoms with Gasteiger partial charge in [0.15, 0.2) is 5.78 Å². The number of hydrogen-bond donors (Lipinski definition) is 2. The quantitative estimate of drug-likeness (QED) is 0.521. The Hall–Kier alpha value is -1.33. The highest BCUT2D eigenvalue weighted by atomic mass is 16.1. The van der Waals surface area contributed by atoms with Gasteiger partial charge in [-0.15, -0.1) is 0 Å². The van der Waals surface area contributed by atoms with E-state index in [2.05, 4.69) is 11.9 Å². The molecule has 4 N–H and O–H groups in total. The van der Waals surface area contributed by atoms with E-state index in [4.69, 9.17) is 11.5 Å². The first-order valence-corrected chi connectivity index (χ1v) is 6.88. The maximum atomic E-state index is 12.0. The second-order valence-electron chi connectivity index (χ2n) is 5.10. The molecule has 0 bridgehead atoms. The summed E-state index contributed by atoms with van der Waals surface area (Å²) in [5.41, 5.74) is 12.5. The first-order valence-electron chi connectivity index (χ1n) is 6.88. The number of nitrogens with zero attached hydrogens (tertiary/aromatic N) is 2. The van der Waals surface area contributed by atoms with Crippen LogP contribution in [-0.2, 0) is 7.05 Å². The molecule has 108 valence electrons. The minimum Gasteiger partial charge on any atom is -0.397 e. The molecule has 0 amide bonds. The van der Waals surface area contributed by atoms with E-state index in [-0.39, 0.29) is 5.78 Å². The monoisotopic (exact) mass is 266 g/mol. The van der Waals surface area contributed by atoms with Gasteiger partial charge in [-0.25, -0.2) is 0 Å². The van der Waals surface area contributed by atoms with Gasteiger partial charge in [0.2, 0.25) is 0 Å². The highest BCUT2D eigenvalue weighted by molar-refractivity contribution is 5.95. The molecule has 1 rings (SSSR count). The Balaban J connectivity index is 2.22. The molecule has 0 aliphatic carbocycles. The van der Waals surface area contributed by atoms with E-state index < -0.39 is 0 Å². The van der Waals surface area contributed by atoms with Gasteiger partial charge in [-0.05, 0) is 52.0 Å². The lowest BCUT2D eigenvalue weighted by Crippen LogP contribution is -2.23. The zero-order valence-corrected chi connectivity index (χ0v) is 12.1. The molecule has 1 aromatic heterocycles. The fourth-order valence-electron chi connectivity index (χ4n) is 2.14. The average Bonchev–Trinajstić information content (AvgIpc) is 2.71. The van der Waals surface area contributed by atoms with Gasteiger partial charge >= 0.3 is 0 Å². The van der Waals surface area contributed by atoms with Gasteiger partial charge in [0.05, 0.1) is 11.4 Å². The standard InChI is InChI=1S/C14H26N4O/c1-17(9-5-7-15)8-4-3-6-14(19)13-10-12(16)11-18(13)2/h10-11H,3-9,15-16H2,1-2H3. The van der Waals surface area contributed by atoms with Crippen LogP contribution in [0, 0.1) is 0 Å². The largest absolute Gasteiger partial charge is 0.397 e. The van der Waals surface area contributed by atoms with Crippen LogP contribution in [0.1, 0.15) is 36.2 Å². The Kier molecular flexibility index (Phi) is 6.59. The lowest BCUT2D eigenvalue weighted by molar-refractivity contribution is 0.0970. The minimum atomic E-state index is 0.170. The van der Waals surface area contributed by atoms with Crippen molar-refractivity contribution in [3.8, 4) is 0 Å². The molecule has 1 heterocycles. The van der Waals surface area contributed by atoms with Gasteiger partial charge in [-0.1, -0.05) is 0 Å². The molecule has 0 aliphatic heterocycles. The second-order valence-corrected chi connectivity index (χ2v) is 5.10. The zero-order valence-electron chi connectivity index (χ0n) is 12.1. The Morgan fingerprint density at radius 1 is 1.32 bits per heavy atom. The first-order chi connectivity index (χ1) is 9.04. The van der Waals surface area contributed by atoms with E-state index in [0.29, 0.717) is 17.8 Å². The third-order valence-electron chi connectivity index (χ3n) is 3.25. The summed E-state index contributed by atoms with van der Waals surface area (Å²) < 4.78 is 1.80. The molecule has 0 saturated heterocycles. The molecule has 0 saturated carbocycles. The number of carbonyl (C=O) groups is 1. The molecule has 0 spiro atoms. The fraction of sp³-hybridized carbons (Fsp3) is 0.643. The number of aryl methyl sites for hydroxylation is 1. The van der Waals surface area contributed by atoms with Crippen molar-refractivity contribution in [2.24, 2.45) is 12.8 Å². The highest BCUT2D eigenvalue weighted by Crippen LogP contribution is 2.12. The summed E-state index contributed by atoms with van der Waals surface area (Å²) in [4.78, 5) is 14.3. The zero-order chi connectivity index (χ0) is 14.3. The smallest absolute Gasteiger partial charge is 0.179 e. The Morgan fingerprint density at radius 2 is 2.00 bits per heavy atom. The highest BCUT2D eigenvalue weighted by Gasteiger charge is 2.10. The van der Waals surface area contributed by atoms with Crippen LogP contribution in [0.25, 0.3) is 0 Å². The van der Waals surface area contributed by atoms with Crippen LogP contribution in [0.4, 0.5) is 5.69 Å². The van der Waals surface area contributed by atoms with E-state index in [1.165, 1.54) is 0 Å². The number of hydrogen-bond acceptors (Lipinski definition) is 4. The van der Waals surface area contributed by atoms with Gasteiger partial charge in [0.25, 0.3) is 0 Å². The molecular weight excluding hydrogens is 240 g/mol. The molecule has 0 radical (unpaired) electrons. The summed E-state index contributed by atoms with van der Waals surface area (Å²) in [7, 11) is 3.94. The molecule has 19 heavy (non-hydrogen) atoms. The van der Waals surface area contributed by atoms with Crippen molar-refractivity contribution in [2.45, 2.75) is 25.7 Å². The molecule has 5 heteroatoms. The predicted molar refractivity (Wildman–Crippen MR) is 79.2 cm³/mol. The van der Waals surface area contributed by atoms with Gasteiger partial charge < -0.3 is 20.9 Å². The summed E-state index contributed by atoms with van der Waals surface area (Å²) in [6.45, 7) is 2.78. The van der Waals surface area contributed by atoms with Gasteiger partial charge in [-0.2, -0.15) is 0 Å². The Bertz CT molecular complexity index is 400. The number of rotatable bonds is 9. The van der Waals surface area contributed by atoms with Crippen molar-refractivity contribution in [3.63, 3.8) is 0 Å². The lowest BCUT2D eigenvalue weighted by atomic mass is 10.1. The normalized spacial score (nSPS) is 11.2. The van der Waals surface area contributed by atoms with Crippen LogP contribution >= 0.6 is 0 Å². The lowest BCUT2D eigenvalue weighted by Gasteiger charge is -2.15. The summed E-state index contributed by atoms with van der Waals surface area (Å²) in [5, 5.41) is 0. The summed E-state index contributed by atoms with van der Waals surface area (Å²) in [6.07, 6.45) is 5.33. The predicted octanol–water partition coefficient (Wildman–Crippen LogP) is 1.24. The van der Waals surface area contributed by atoms with Crippen molar-refractivity contribution in [3.05, 3.63) is 18.0 Å². The van der Waals surface area contributed by atoms with Crippen LogP contribution in [0.2, 0.25) is 0 Å². The van der Waals surface area contributed by atoms with Gasteiger partial charge in [0.1, 0.15) is 0 Å². The molecule has 0 atom stereocenters. The Morgan fingerprint density at radius 3 is 2.58 bits per heavy atom. The maximum Gasteiger partial charge on any atom is 0.179 e. The van der Waals surface area contributed by atoms with Crippen molar-refractivity contribution < 1.29 is 4.79 Å². The molecule has 0 unspecified atom stereocenters. The Labute approximate surface area is 115 Å². The van der Waals surface area contributed by atoms with Crippen molar-refractivity contribution in [1.29, 1.82) is 0 Å². The van der Waals surface area contributed by atoms with Crippen molar-refractivity contribution in [2.75, 3.05) is 32.4 Å². The van der Waals surface area contributed by atoms with E-state index in [0.717, 1.165) is 38.9 Å². The number of Topliss-reactive ketones (excluding diaryl/α,β-unsaturated/α-hetero) is 1. The number of anilines is 1. The molecule has 0 aromatic carbocycles. The van der Waals surface area contributed by atoms with Gasteiger partial charge in [0, 0.05) is 19.7 Å². The number of nitrogen functional groups attached to an aromatic ring is 1. The van der Waals surface area contributed by atoms with Crippen molar-refractivity contribution >= 4 is 11.5 Å². The van der Waals surface area contributed by atoms with Crippen LogP contribution < -0.4 is 11.5 Å². The maximum absolute atomic E-state index is 12.0. The third kappa shape index (κ3) is 5.44. The molecular formula is C14H26N4O. The molecule has 0 fully saturated rings. The topological polar surface area (TPSA) is 77.3 Å². The summed E-state index contributed by atoms with van der Waals surface area (Å²) in [5.74, 6) is 0.170. The van der Waals surface area contributed by atoms with Crippen LogP contribution in [-0.4, -0.2) is 41.9 Å². The van der Waals surface area contributed by atoms with Crippen LogP contribution in [0.3, 0.4) is 0 Å². The van der Waals surface area contributed by atoms with Crippen molar-refractivity contribution in [1.82, 2.24) is 9.47 Å². The second kappa shape index (κ2) is 7.96. The van der Waals surface area contributed by atoms with E-state index in [1.807, 2.05) is 7.05 Å². The summed E-state index contributed by atoms with van der Waals surface area (Å²) >= 11 is 0. The molecule has 1 aromatic rings. The van der Waals surface area contributed by atoms with Crippen LogP contribution in [0.15, 0.2) is 12.3 Å². The number of unbranched alkanes of at least 4 members (excludes halogenated alkanes) is 1. The van der Waals surface area contributed by atoms with Crippen LogP contribution in [0.5, 0.6) is 0 Å². The number of aromatic nitrogens is 1. The number of ketones is 1. The first kappa shape index (κ1) is 15.7. The molecule has 5 nitrogen and oxygen atoms in total. The summed E-state index contributed by atoms with van der Waals surface area (Å²) in [6, 6.07) is 1.75.